The lowest BCUT2D eigenvalue weighted by Gasteiger charge is -2.33. The molecule has 1 saturated heterocycles. The molecule has 0 saturated carbocycles. The molecule has 3 aliphatic rings. The fraction of sp³-hybridized carbons (Fsp3) is 0.435. The molecular weight excluding hydrogens is 418 g/mol. The molecule has 1 N–H and O–H groups in total. The van der Waals surface area contributed by atoms with Crippen LogP contribution in [0.1, 0.15) is 71.5 Å². The van der Waals surface area contributed by atoms with Crippen molar-refractivity contribution in [1.82, 2.24) is 4.98 Å². The number of carbonyl (C=O) groups is 1. The largest absolute Gasteiger partial charge is 0.490 e. The minimum Gasteiger partial charge on any atom is -0.490 e. The summed E-state index contributed by atoms with van der Waals surface area (Å²) in [5.74, 6) is 0.972. The molecule has 0 atom stereocenters. The fourth-order valence-corrected chi connectivity index (χ4v) is 5.13. The van der Waals surface area contributed by atoms with Crippen molar-refractivity contribution in [3.8, 4) is 5.75 Å². The van der Waals surface area contributed by atoms with Crippen LogP contribution in [0.4, 0.5) is 0 Å². The lowest BCUT2D eigenvalue weighted by atomic mass is 9.70. The first-order chi connectivity index (χ1) is 13.4. The third-order valence-corrected chi connectivity index (χ3v) is 6.91. The first kappa shape index (κ1) is 18.2. The molecule has 0 unspecified atom stereocenters. The maximum Gasteiger partial charge on any atom is 0.195 e. The second-order valence-electron chi connectivity index (χ2n) is 8.45. The number of hydrogen-bond donors (Lipinski definition) is 1. The number of ketones is 1. The van der Waals surface area contributed by atoms with Crippen molar-refractivity contribution >= 4 is 27.8 Å². The summed E-state index contributed by atoms with van der Waals surface area (Å²) in [7, 11) is 0. The van der Waals surface area contributed by atoms with E-state index in [0.29, 0.717) is 0 Å². The van der Waals surface area contributed by atoms with E-state index in [4.69, 9.17) is 9.47 Å². The Labute approximate surface area is 173 Å². The minimum absolute atomic E-state index is 0.130. The second-order valence-corrected chi connectivity index (χ2v) is 9.47. The molecule has 1 fully saturated rings. The third kappa shape index (κ3) is 2.79. The topological polar surface area (TPSA) is 51.3 Å². The maximum atomic E-state index is 13.4. The van der Waals surface area contributed by atoms with E-state index in [1.165, 1.54) is 4.48 Å². The number of aromatic amines is 1. The Morgan fingerprint density at radius 3 is 2.79 bits per heavy atom. The van der Waals surface area contributed by atoms with Crippen LogP contribution in [0.15, 0.2) is 22.7 Å². The van der Waals surface area contributed by atoms with Gasteiger partial charge in [0.05, 0.1) is 13.2 Å². The standard InChI is InChI=1S/C23H24BrNO3/c1-23(2)18-12-15(28-14-7-9-27-10-8-14)4-6-16(18)21(26)20-17-5-3-13(24)11-19(17)25-22(20)23/h4,6,11-12,14,25H,3,5,7-10H2,1-2H3. The van der Waals surface area contributed by atoms with Gasteiger partial charge in [-0.1, -0.05) is 29.8 Å². The Morgan fingerprint density at radius 1 is 1.21 bits per heavy atom. The zero-order chi connectivity index (χ0) is 19.5. The normalized spacial score (nSPS) is 20.8. The summed E-state index contributed by atoms with van der Waals surface area (Å²) >= 11 is 3.61. The zero-order valence-electron chi connectivity index (χ0n) is 16.2. The van der Waals surface area contributed by atoms with Gasteiger partial charge in [0.1, 0.15) is 11.9 Å². The third-order valence-electron chi connectivity index (χ3n) is 6.28. The van der Waals surface area contributed by atoms with E-state index in [2.05, 4.69) is 46.9 Å². The van der Waals surface area contributed by atoms with Crippen LogP contribution in [0.25, 0.3) is 6.08 Å². The van der Waals surface area contributed by atoms with Crippen molar-refractivity contribution in [2.75, 3.05) is 13.2 Å². The Bertz CT molecular complexity index is 996. The number of ether oxygens (including phenoxy) is 2. The summed E-state index contributed by atoms with van der Waals surface area (Å²) in [6, 6.07) is 5.96. The Morgan fingerprint density at radius 2 is 2.00 bits per heavy atom. The SMILES string of the molecule is CC1(C)c2cc(OC3CCOCC3)ccc2C(=O)c2c1[nH]c1c2CCC(Br)=C1. The van der Waals surface area contributed by atoms with Crippen molar-refractivity contribution in [2.24, 2.45) is 0 Å². The van der Waals surface area contributed by atoms with E-state index in [-0.39, 0.29) is 17.3 Å². The van der Waals surface area contributed by atoms with Crippen LogP contribution in [0.2, 0.25) is 0 Å². The molecule has 2 aromatic rings. The average molecular weight is 442 g/mol. The highest BCUT2D eigenvalue weighted by Gasteiger charge is 2.41. The molecule has 0 spiro atoms. The van der Waals surface area contributed by atoms with Crippen molar-refractivity contribution in [3.63, 3.8) is 0 Å². The highest BCUT2D eigenvalue weighted by molar-refractivity contribution is 9.11. The van der Waals surface area contributed by atoms with Gasteiger partial charge in [-0.25, -0.2) is 0 Å². The number of nitrogens with one attached hydrogen (secondary N) is 1. The van der Waals surface area contributed by atoms with Gasteiger partial charge in [0.25, 0.3) is 0 Å². The number of H-pyrrole nitrogens is 1. The zero-order valence-corrected chi connectivity index (χ0v) is 17.8. The Hall–Kier alpha value is -1.85. The molecule has 1 aliphatic heterocycles. The van der Waals surface area contributed by atoms with E-state index in [1.54, 1.807) is 0 Å². The highest BCUT2D eigenvalue weighted by atomic mass is 79.9. The number of allylic oxidation sites excluding steroid dienone is 1. The van der Waals surface area contributed by atoms with E-state index in [1.807, 2.05) is 12.1 Å². The molecule has 4 nitrogen and oxygen atoms in total. The second kappa shape index (κ2) is 6.60. The number of fused-ring (bicyclic) bond motifs is 4. The van der Waals surface area contributed by atoms with Crippen LogP contribution < -0.4 is 4.74 Å². The van der Waals surface area contributed by atoms with Gasteiger partial charge in [-0.3, -0.25) is 4.79 Å². The van der Waals surface area contributed by atoms with Crippen molar-refractivity contribution in [1.29, 1.82) is 0 Å². The first-order valence-corrected chi connectivity index (χ1v) is 10.8. The monoisotopic (exact) mass is 441 g/mol. The van der Waals surface area contributed by atoms with Gasteiger partial charge < -0.3 is 14.5 Å². The van der Waals surface area contributed by atoms with E-state index < -0.39 is 0 Å². The van der Waals surface area contributed by atoms with Gasteiger partial charge in [0, 0.05) is 40.8 Å². The molecule has 1 aromatic heterocycles. The van der Waals surface area contributed by atoms with Crippen molar-refractivity contribution in [3.05, 3.63) is 56.3 Å². The smallest absolute Gasteiger partial charge is 0.195 e. The van der Waals surface area contributed by atoms with Gasteiger partial charge in [0.15, 0.2) is 5.78 Å². The summed E-state index contributed by atoms with van der Waals surface area (Å²) in [6.07, 6.45) is 5.95. The molecule has 2 aliphatic carbocycles. The lowest BCUT2D eigenvalue weighted by molar-refractivity contribution is 0.0255. The molecule has 2 heterocycles. The summed E-state index contributed by atoms with van der Waals surface area (Å²) < 4.78 is 12.8. The fourth-order valence-electron chi connectivity index (χ4n) is 4.70. The molecular formula is C23H24BrNO3. The van der Waals surface area contributed by atoms with Crippen LogP contribution >= 0.6 is 15.9 Å². The Kier molecular flexibility index (Phi) is 4.29. The predicted octanol–water partition coefficient (Wildman–Crippen LogP) is 5.12. The van der Waals surface area contributed by atoms with Gasteiger partial charge in [-0.2, -0.15) is 0 Å². The van der Waals surface area contributed by atoms with Crippen LogP contribution in [-0.2, 0) is 16.6 Å². The number of hydrogen-bond acceptors (Lipinski definition) is 3. The molecule has 28 heavy (non-hydrogen) atoms. The summed E-state index contributed by atoms with van der Waals surface area (Å²) in [4.78, 5) is 17.0. The summed E-state index contributed by atoms with van der Waals surface area (Å²) in [5.41, 5.74) is 5.67. The summed E-state index contributed by atoms with van der Waals surface area (Å²) in [6.45, 7) is 5.88. The number of halogens is 1. The molecule has 1 aromatic carbocycles. The minimum atomic E-state index is -0.286. The van der Waals surface area contributed by atoms with E-state index >= 15 is 0 Å². The van der Waals surface area contributed by atoms with Crippen LogP contribution in [0, 0.1) is 0 Å². The quantitative estimate of drug-likeness (QED) is 0.702. The first-order valence-electron chi connectivity index (χ1n) is 10.00. The summed E-state index contributed by atoms with van der Waals surface area (Å²) in [5, 5.41) is 0. The van der Waals surface area contributed by atoms with Gasteiger partial charge >= 0.3 is 0 Å². The van der Waals surface area contributed by atoms with Gasteiger partial charge in [-0.05, 0) is 52.7 Å². The van der Waals surface area contributed by atoms with E-state index in [0.717, 1.165) is 78.3 Å². The van der Waals surface area contributed by atoms with Crippen molar-refractivity contribution in [2.45, 2.75) is 51.0 Å². The maximum absolute atomic E-state index is 13.4. The van der Waals surface area contributed by atoms with Crippen LogP contribution in [-0.4, -0.2) is 30.1 Å². The molecule has 0 radical (unpaired) electrons. The molecule has 146 valence electrons. The van der Waals surface area contributed by atoms with Gasteiger partial charge in [-0.15, -0.1) is 0 Å². The van der Waals surface area contributed by atoms with E-state index in [9.17, 15) is 4.79 Å². The number of carbonyl (C=O) groups excluding carboxylic acids is 1. The Balaban J connectivity index is 1.57. The molecule has 5 rings (SSSR count). The average Bonchev–Trinajstić information content (AvgIpc) is 3.07. The number of aromatic nitrogens is 1. The van der Waals surface area contributed by atoms with Crippen LogP contribution in [0.5, 0.6) is 5.75 Å². The van der Waals surface area contributed by atoms with Gasteiger partial charge in [0.2, 0.25) is 0 Å². The number of benzene rings is 1. The van der Waals surface area contributed by atoms with Crippen LogP contribution in [0.3, 0.4) is 0 Å². The lowest BCUT2D eigenvalue weighted by Crippen LogP contribution is -2.31. The predicted molar refractivity (Wildman–Crippen MR) is 112 cm³/mol. The molecule has 0 bridgehead atoms. The molecule has 0 amide bonds. The highest BCUT2D eigenvalue weighted by Crippen LogP contribution is 2.45. The number of rotatable bonds is 2. The van der Waals surface area contributed by atoms with Crippen molar-refractivity contribution < 1.29 is 14.3 Å². The molecule has 5 heteroatoms.